The highest BCUT2D eigenvalue weighted by Crippen LogP contribution is 2.36. The van der Waals surface area contributed by atoms with Crippen molar-refractivity contribution in [3.05, 3.63) is 29.8 Å². The third kappa shape index (κ3) is 3.54. The van der Waals surface area contributed by atoms with E-state index in [1.807, 2.05) is 38.1 Å². The molecule has 0 saturated heterocycles. The van der Waals surface area contributed by atoms with E-state index >= 15 is 0 Å². The Morgan fingerprint density at radius 3 is 2.70 bits per heavy atom. The molecule has 0 bridgehead atoms. The van der Waals surface area contributed by atoms with Crippen molar-refractivity contribution in [3.63, 3.8) is 0 Å². The lowest BCUT2D eigenvalue weighted by Crippen LogP contribution is -2.45. The lowest BCUT2D eigenvalue weighted by molar-refractivity contribution is -0.142. The second kappa shape index (κ2) is 6.31. The highest BCUT2D eigenvalue weighted by atomic mass is 32.2. The molecule has 1 aromatic carbocycles. The zero-order valence-corrected chi connectivity index (χ0v) is 12.4. The second-order valence-corrected chi connectivity index (χ2v) is 6.69. The summed E-state index contributed by atoms with van der Waals surface area (Å²) in [6.45, 7) is 3.89. The number of nitrogens with one attached hydrogen (secondary N) is 1. The quantitative estimate of drug-likeness (QED) is 0.874. The number of rotatable bonds is 5. The Morgan fingerprint density at radius 2 is 2.10 bits per heavy atom. The van der Waals surface area contributed by atoms with Crippen molar-refractivity contribution in [3.8, 4) is 0 Å². The van der Waals surface area contributed by atoms with Gasteiger partial charge in [0, 0.05) is 4.90 Å². The summed E-state index contributed by atoms with van der Waals surface area (Å²) in [4.78, 5) is 24.5. The minimum absolute atomic E-state index is 0.181. The molecule has 0 aliphatic carbocycles. The fourth-order valence-electron chi connectivity index (χ4n) is 2.29. The summed E-state index contributed by atoms with van der Waals surface area (Å²) < 4.78 is 0. The molecule has 5 heteroatoms. The number of aliphatic carboxylic acids is 1. The zero-order valence-electron chi connectivity index (χ0n) is 11.6. The molecule has 2 N–H and O–H groups in total. The van der Waals surface area contributed by atoms with Crippen LogP contribution >= 0.6 is 11.8 Å². The second-order valence-electron chi connectivity index (χ2n) is 5.45. The van der Waals surface area contributed by atoms with Gasteiger partial charge in [0.15, 0.2) is 0 Å². The average Bonchev–Trinajstić information content (AvgIpc) is 2.81. The number of benzene rings is 1. The summed E-state index contributed by atoms with van der Waals surface area (Å²) >= 11 is 1.51. The molecule has 0 radical (unpaired) electrons. The van der Waals surface area contributed by atoms with Gasteiger partial charge in [0.05, 0.1) is 5.25 Å². The van der Waals surface area contributed by atoms with E-state index in [4.69, 9.17) is 5.11 Å². The number of carboxylic acids is 1. The first-order valence-corrected chi connectivity index (χ1v) is 7.63. The lowest BCUT2D eigenvalue weighted by Gasteiger charge is -2.18. The van der Waals surface area contributed by atoms with Crippen molar-refractivity contribution in [2.45, 2.75) is 42.9 Å². The molecule has 1 aromatic rings. The maximum Gasteiger partial charge on any atom is 0.326 e. The molecule has 1 heterocycles. The van der Waals surface area contributed by atoms with E-state index in [0.717, 1.165) is 10.5 Å². The highest BCUT2D eigenvalue weighted by Gasteiger charge is 2.31. The molecular formula is C15H19NO3S. The van der Waals surface area contributed by atoms with Crippen molar-refractivity contribution in [2.24, 2.45) is 5.92 Å². The van der Waals surface area contributed by atoms with E-state index in [-0.39, 0.29) is 17.1 Å². The fraction of sp³-hybridized carbons (Fsp3) is 0.467. The summed E-state index contributed by atoms with van der Waals surface area (Å²) in [6, 6.07) is 7.12. The highest BCUT2D eigenvalue weighted by molar-refractivity contribution is 8.01. The first-order valence-electron chi connectivity index (χ1n) is 6.75. The first-order chi connectivity index (χ1) is 9.47. The Kier molecular flexibility index (Phi) is 4.70. The van der Waals surface area contributed by atoms with Crippen molar-refractivity contribution in [1.82, 2.24) is 5.32 Å². The number of amides is 1. The van der Waals surface area contributed by atoms with Crippen LogP contribution < -0.4 is 5.32 Å². The van der Waals surface area contributed by atoms with Crippen LogP contribution in [0.2, 0.25) is 0 Å². The standard InChI is InChI=1S/C15H19NO3S/c1-9(2)7-11(15(18)19)16-14(17)13-8-10-5-3-4-6-12(10)20-13/h3-6,9,11,13H,7-8H2,1-2H3,(H,16,17)(H,18,19)/t11-,13?/m0/s1. The van der Waals surface area contributed by atoms with Crippen LogP contribution in [0.25, 0.3) is 0 Å². The third-order valence-electron chi connectivity index (χ3n) is 3.26. The normalized spacial score (nSPS) is 18.6. The van der Waals surface area contributed by atoms with Crippen LogP contribution in [0.4, 0.5) is 0 Å². The molecule has 0 saturated carbocycles. The van der Waals surface area contributed by atoms with Crippen molar-refractivity contribution in [1.29, 1.82) is 0 Å². The van der Waals surface area contributed by atoms with Gasteiger partial charge in [-0.05, 0) is 30.4 Å². The maximum absolute atomic E-state index is 12.2. The number of hydrogen-bond donors (Lipinski definition) is 2. The fourth-order valence-corrected chi connectivity index (χ4v) is 3.49. The van der Waals surface area contributed by atoms with Gasteiger partial charge < -0.3 is 10.4 Å². The van der Waals surface area contributed by atoms with Gasteiger partial charge in [0.2, 0.25) is 5.91 Å². The molecule has 4 nitrogen and oxygen atoms in total. The van der Waals surface area contributed by atoms with Crippen LogP contribution in [0.3, 0.4) is 0 Å². The number of carboxylic acid groups (broad SMARTS) is 1. The Balaban J connectivity index is 1.97. The molecule has 0 spiro atoms. The summed E-state index contributed by atoms with van der Waals surface area (Å²) in [5.41, 5.74) is 1.16. The number of carbonyl (C=O) groups is 2. The summed E-state index contributed by atoms with van der Waals surface area (Å²) in [7, 11) is 0. The number of fused-ring (bicyclic) bond motifs is 1. The molecule has 2 atom stereocenters. The van der Waals surface area contributed by atoms with E-state index in [1.165, 1.54) is 11.8 Å². The number of carbonyl (C=O) groups excluding carboxylic acids is 1. The van der Waals surface area contributed by atoms with E-state index in [0.29, 0.717) is 12.8 Å². The van der Waals surface area contributed by atoms with Gasteiger partial charge in [-0.1, -0.05) is 32.0 Å². The molecule has 2 rings (SSSR count). The molecule has 1 unspecified atom stereocenters. The summed E-state index contributed by atoms with van der Waals surface area (Å²) in [5, 5.41) is 11.6. The van der Waals surface area contributed by atoms with Crippen LogP contribution in [0.5, 0.6) is 0 Å². The smallest absolute Gasteiger partial charge is 0.326 e. The number of hydrogen-bond acceptors (Lipinski definition) is 3. The van der Waals surface area contributed by atoms with Gasteiger partial charge in [0.1, 0.15) is 6.04 Å². The van der Waals surface area contributed by atoms with Crippen LogP contribution in [0.1, 0.15) is 25.8 Å². The lowest BCUT2D eigenvalue weighted by atomic mass is 10.0. The molecule has 0 aromatic heterocycles. The Morgan fingerprint density at radius 1 is 1.40 bits per heavy atom. The molecule has 1 amide bonds. The zero-order chi connectivity index (χ0) is 14.7. The predicted octanol–water partition coefficient (Wildman–Crippen LogP) is 2.32. The molecular weight excluding hydrogens is 274 g/mol. The topological polar surface area (TPSA) is 66.4 Å². The Hall–Kier alpha value is -1.49. The van der Waals surface area contributed by atoms with E-state index in [1.54, 1.807) is 0 Å². The van der Waals surface area contributed by atoms with Gasteiger partial charge in [-0.2, -0.15) is 0 Å². The SMILES string of the molecule is CC(C)C[C@H](NC(=O)C1Cc2ccccc2S1)C(=O)O. The monoisotopic (exact) mass is 293 g/mol. The average molecular weight is 293 g/mol. The maximum atomic E-state index is 12.2. The number of thioether (sulfide) groups is 1. The van der Waals surface area contributed by atoms with Crippen LogP contribution in [-0.2, 0) is 16.0 Å². The first kappa shape index (κ1) is 14.9. The Bertz CT molecular complexity index is 491. The van der Waals surface area contributed by atoms with Crippen molar-refractivity contribution in [2.75, 3.05) is 0 Å². The van der Waals surface area contributed by atoms with Crippen LogP contribution in [0, 0.1) is 5.92 Å². The van der Waals surface area contributed by atoms with E-state index in [2.05, 4.69) is 5.32 Å². The summed E-state index contributed by atoms with van der Waals surface area (Å²) in [6.07, 6.45) is 1.12. The van der Waals surface area contributed by atoms with Crippen molar-refractivity contribution >= 4 is 23.6 Å². The van der Waals surface area contributed by atoms with Gasteiger partial charge in [-0.3, -0.25) is 4.79 Å². The molecule has 1 aliphatic rings. The molecule has 1 aliphatic heterocycles. The Labute approximate surface area is 123 Å². The van der Waals surface area contributed by atoms with Crippen LogP contribution in [-0.4, -0.2) is 28.3 Å². The molecule has 108 valence electrons. The van der Waals surface area contributed by atoms with Gasteiger partial charge >= 0.3 is 5.97 Å². The third-order valence-corrected chi connectivity index (χ3v) is 4.58. The van der Waals surface area contributed by atoms with E-state index < -0.39 is 12.0 Å². The predicted molar refractivity (Wildman–Crippen MR) is 78.8 cm³/mol. The van der Waals surface area contributed by atoms with Gasteiger partial charge in [-0.15, -0.1) is 11.8 Å². The molecule has 0 fully saturated rings. The summed E-state index contributed by atoms with van der Waals surface area (Å²) in [5.74, 6) is -0.920. The van der Waals surface area contributed by atoms with Gasteiger partial charge in [0.25, 0.3) is 0 Å². The van der Waals surface area contributed by atoms with Crippen LogP contribution in [0.15, 0.2) is 29.2 Å². The van der Waals surface area contributed by atoms with E-state index in [9.17, 15) is 9.59 Å². The minimum atomic E-state index is -0.965. The largest absolute Gasteiger partial charge is 0.480 e. The van der Waals surface area contributed by atoms with Gasteiger partial charge in [-0.25, -0.2) is 4.79 Å². The molecule has 20 heavy (non-hydrogen) atoms. The van der Waals surface area contributed by atoms with Crippen molar-refractivity contribution < 1.29 is 14.7 Å². The minimum Gasteiger partial charge on any atom is -0.480 e.